The van der Waals surface area contributed by atoms with Gasteiger partial charge >= 0.3 is 0 Å². The van der Waals surface area contributed by atoms with Gasteiger partial charge in [-0.3, -0.25) is 9.59 Å². The fraction of sp³-hybridized carbons (Fsp3) is 0.636. The maximum atomic E-state index is 11.5. The summed E-state index contributed by atoms with van der Waals surface area (Å²) in [4.78, 5) is 22.6. The van der Waals surface area contributed by atoms with E-state index in [1.807, 2.05) is 0 Å². The quantitative estimate of drug-likeness (QED) is 0.689. The van der Waals surface area contributed by atoms with Gasteiger partial charge in [-0.25, -0.2) is 0 Å². The third kappa shape index (κ3) is 2.51. The first-order valence-corrected chi connectivity index (χ1v) is 5.13. The van der Waals surface area contributed by atoms with E-state index in [1.54, 1.807) is 0 Å². The van der Waals surface area contributed by atoms with Crippen molar-refractivity contribution in [2.24, 2.45) is 5.73 Å². The zero-order chi connectivity index (χ0) is 10.6. The van der Waals surface area contributed by atoms with Crippen LogP contribution in [0.15, 0.2) is 12.2 Å². The van der Waals surface area contributed by atoms with Gasteiger partial charge in [0.15, 0.2) is 11.6 Å². The van der Waals surface area contributed by atoms with E-state index in [1.165, 1.54) is 12.2 Å². The number of hydrogen-bond acceptors (Lipinski definition) is 3. The molecule has 0 saturated carbocycles. The monoisotopic (exact) mass is 195 g/mol. The van der Waals surface area contributed by atoms with E-state index in [-0.39, 0.29) is 18.0 Å². The third-order valence-corrected chi connectivity index (χ3v) is 2.63. The Bertz CT molecular complexity index is 270. The molecule has 0 saturated heterocycles. The van der Waals surface area contributed by atoms with Crippen molar-refractivity contribution in [2.75, 3.05) is 0 Å². The zero-order valence-electron chi connectivity index (χ0n) is 8.58. The molecule has 1 aliphatic carbocycles. The molecule has 0 amide bonds. The molecular weight excluding hydrogens is 178 g/mol. The lowest BCUT2D eigenvalue weighted by Crippen LogP contribution is -2.50. The van der Waals surface area contributed by atoms with E-state index in [0.29, 0.717) is 6.42 Å². The molecule has 0 fully saturated rings. The number of carbonyl (C=O) groups excluding carboxylic acids is 2. The van der Waals surface area contributed by atoms with Crippen LogP contribution in [-0.2, 0) is 9.59 Å². The van der Waals surface area contributed by atoms with Gasteiger partial charge in [0.25, 0.3) is 0 Å². The van der Waals surface area contributed by atoms with E-state index in [9.17, 15) is 9.59 Å². The zero-order valence-corrected chi connectivity index (χ0v) is 8.58. The molecule has 0 aromatic carbocycles. The fourth-order valence-electron chi connectivity index (χ4n) is 1.69. The summed E-state index contributed by atoms with van der Waals surface area (Å²) in [5, 5.41) is 0. The van der Waals surface area contributed by atoms with E-state index in [4.69, 9.17) is 5.73 Å². The molecule has 3 heteroatoms. The molecule has 1 aliphatic rings. The van der Waals surface area contributed by atoms with Crippen molar-refractivity contribution in [3.63, 3.8) is 0 Å². The molecule has 0 spiro atoms. The lowest BCUT2D eigenvalue weighted by atomic mass is 9.81. The second kappa shape index (κ2) is 4.51. The molecule has 0 aliphatic heterocycles. The summed E-state index contributed by atoms with van der Waals surface area (Å²) >= 11 is 0. The van der Waals surface area contributed by atoms with Crippen LogP contribution in [0.1, 0.15) is 39.0 Å². The Morgan fingerprint density at radius 3 is 2.71 bits per heavy atom. The van der Waals surface area contributed by atoms with Crippen molar-refractivity contribution in [2.45, 2.75) is 44.6 Å². The van der Waals surface area contributed by atoms with Gasteiger partial charge in [-0.15, -0.1) is 0 Å². The number of rotatable bonds is 4. The topological polar surface area (TPSA) is 60.2 Å². The largest absolute Gasteiger partial charge is 0.318 e. The Morgan fingerprint density at radius 2 is 2.07 bits per heavy atom. The second-order valence-electron chi connectivity index (χ2n) is 3.95. The summed E-state index contributed by atoms with van der Waals surface area (Å²) in [6.07, 6.45) is 6.50. The number of carbonyl (C=O) groups is 2. The van der Waals surface area contributed by atoms with Crippen LogP contribution in [0.25, 0.3) is 0 Å². The molecular formula is C11H17NO2. The van der Waals surface area contributed by atoms with E-state index < -0.39 is 5.54 Å². The summed E-state index contributed by atoms with van der Waals surface area (Å²) in [5.41, 5.74) is 5.00. The first kappa shape index (κ1) is 11.1. The first-order valence-electron chi connectivity index (χ1n) is 5.13. The minimum atomic E-state index is -0.916. The number of allylic oxidation sites excluding steroid dienone is 1. The maximum Gasteiger partial charge on any atom is 0.176 e. The van der Waals surface area contributed by atoms with Crippen LogP contribution in [0.3, 0.4) is 0 Å². The normalized spacial score (nSPS) is 27.0. The molecule has 2 N–H and O–H groups in total. The van der Waals surface area contributed by atoms with Gasteiger partial charge in [0.1, 0.15) is 0 Å². The minimum Gasteiger partial charge on any atom is -0.318 e. The van der Waals surface area contributed by atoms with Gasteiger partial charge in [0.05, 0.1) is 5.54 Å². The van der Waals surface area contributed by atoms with Crippen LogP contribution in [0, 0.1) is 0 Å². The van der Waals surface area contributed by atoms with Crippen molar-refractivity contribution >= 4 is 11.6 Å². The summed E-state index contributed by atoms with van der Waals surface area (Å²) in [6.45, 7) is 2.09. The number of unbranched alkanes of at least 4 members (excludes halogenated alkanes) is 2. The molecule has 14 heavy (non-hydrogen) atoms. The molecule has 1 atom stereocenters. The van der Waals surface area contributed by atoms with E-state index in [2.05, 4.69) is 6.92 Å². The lowest BCUT2D eigenvalue weighted by Gasteiger charge is -2.27. The van der Waals surface area contributed by atoms with Crippen molar-refractivity contribution < 1.29 is 9.59 Å². The molecule has 0 heterocycles. The Balaban J connectivity index is 2.58. The molecule has 0 aromatic rings. The first-order chi connectivity index (χ1) is 6.58. The van der Waals surface area contributed by atoms with Crippen molar-refractivity contribution in [3.05, 3.63) is 12.2 Å². The van der Waals surface area contributed by atoms with Gasteiger partial charge in [0, 0.05) is 6.42 Å². The summed E-state index contributed by atoms with van der Waals surface area (Å²) < 4.78 is 0. The van der Waals surface area contributed by atoms with Crippen LogP contribution in [0.4, 0.5) is 0 Å². The summed E-state index contributed by atoms with van der Waals surface area (Å²) in [5.74, 6) is -0.142. The Labute approximate surface area is 84.4 Å². The van der Waals surface area contributed by atoms with E-state index in [0.717, 1.165) is 19.3 Å². The molecule has 1 unspecified atom stereocenters. The predicted molar refractivity (Wildman–Crippen MR) is 54.8 cm³/mol. The van der Waals surface area contributed by atoms with Gasteiger partial charge < -0.3 is 5.73 Å². The molecule has 0 bridgehead atoms. The van der Waals surface area contributed by atoms with Crippen LogP contribution < -0.4 is 5.73 Å². The highest BCUT2D eigenvalue weighted by molar-refractivity contribution is 6.10. The Kier molecular flexibility index (Phi) is 3.58. The minimum absolute atomic E-state index is 0.0383. The highest BCUT2D eigenvalue weighted by Crippen LogP contribution is 2.22. The second-order valence-corrected chi connectivity index (χ2v) is 3.95. The van der Waals surface area contributed by atoms with E-state index >= 15 is 0 Å². The van der Waals surface area contributed by atoms with Crippen molar-refractivity contribution in [1.29, 1.82) is 0 Å². The van der Waals surface area contributed by atoms with Crippen LogP contribution >= 0.6 is 0 Å². The van der Waals surface area contributed by atoms with Gasteiger partial charge in [0.2, 0.25) is 0 Å². The summed E-state index contributed by atoms with van der Waals surface area (Å²) in [6, 6.07) is 0. The Morgan fingerprint density at radius 1 is 1.36 bits per heavy atom. The van der Waals surface area contributed by atoms with Crippen molar-refractivity contribution in [1.82, 2.24) is 0 Å². The molecule has 1 rings (SSSR count). The average Bonchev–Trinajstić information content (AvgIpc) is 2.13. The highest BCUT2D eigenvalue weighted by Gasteiger charge is 2.35. The third-order valence-electron chi connectivity index (χ3n) is 2.63. The van der Waals surface area contributed by atoms with Gasteiger partial charge in [-0.1, -0.05) is 26.2 Å². The lowest BCUT2D eigenvalue weighted by molar-refractivity contribution is -0.126. The maximum absolute atomic E-state index is 11.5. The average molecular weight is 195 g/mol. The summed E-state index contributed by atoms with van der Waals surface area (Å²) in [7, 11) is 0. The number of hydrogen-bond donors (Lipinski definition) is 1. The molecule has 0 radical (unpaired) electrons. The standard InChI is InChI=1S/C11H17NO2/c1-2-3-4-7-11(12)8-9(13)5-6-10(11)14/h5-6H,2-4,7-8,12H2,1H3. The molecule has 0 aromatic heterocycles. The molecule has 3 nitrogen and oxygen atoms in total. The van der Waals surface area contributed by atoms with Crippen LogP contribution in [-0.4, -0.2) is 17.1 Å². The fourth-order valence-corrected chi connectivity index (χ4v) is 1.69. The van der Waals surface area contributed by atoms with Crippen molar-refractivity contribution in [3.8, 4) is 0 Å². The van der Waals surface area contributed by atoms with Crippen LogP contribution in [0.2, 0.25) is 0 Å². The number of ketones is 2. The highest BCUT2D eigenvalue weighted by atomic mass is 16.1. The van der Waals surface area contributed by atoms with Gasteiger partial charge in [-0.05, 0) is 18.6 Å². The van der Waals surface area contributed by atoms with Gasteiger partial charge in [-0.2, -0.15) is 0 Å². The molecule has 78 valence electrons. The number of nitrogens with two attached hydrogens (primary N) is 1. The Hall–Kier alpha value is -0.960. The smallest absolute Gasteiger partial charge is 0.176 e. The predicted octanol–water partition coefficient (Wildman–Crippen LogP) is 1.36. The SMILES string of the molecule is CCCCCC1(N)CC(=O)C=CC1=O. The van der Waals surface area contributed by atoms with Crippen LogP contribution in [0.5, 0.6) is 0 Å².